The number of fused-ring (bicyclic) bond motifs is 1. The molecule has 2 aromatic carbocycles. The first kappa shape index (κ1) is 13.3. The fourth-order valence-electron chi connectivity index (χ4n) is 2.97. The lowest BCUT2D eigenvalue weighted by Gasteiger charge is -2.21. The largest absolute Gasteiger partial charge is 0.303 e. The van der Waals surface area contributed by atoms with E-state index in [1.54, 1.807) is 0 Å². The summed E-state index contributed by atoms with van der Waals surface area (Å²) >= 11 is 0. The van der Waals surface area contributed by atoms with Gasteiger partial charge < -0.3 is 5.32 Å². The maximum atomic E-state index is 13.8. The number of aryl methyl sites for hydroxylation is 1. The van der Waals surface area contributed by atoms with E-state index >= 15 is 0 Å². The molecule has 0 aliphatic heterocycles. The van der Waals surface area contributed by atoms with Gasteiger partial charge >= 0.3 is 0 Å². The van der Waals surface area contributed by atoms with E-state index < -0.39 is 11.6 Å². The van der Waals surface area contributed by atoms with Crippen molar-refractivity contribution in [1.29, 1.82) is 0 Å². The molecule has 3 rings (SSSR count). The van der Waals surface area contributed by atoms with Crippen LogP contribution in [0.15, 0.2) is 42.5 Å². The molecule has 1 N–H and O–H groups in total. The summed E-state index contributed by atoms with van der Waals surface area (Å²) in [5.74, 6) is -1.03. The Hall–Kier alpha value is -1.74. The van der Waals surface area contributed by atoms with Crippen LogP contribution in [0.3, 0.4) is 0 Å². The van der Waals surface area contributed by atoms with E-state index in [1.165, 1.54) is 23.3 Å². The molecule has 20 heavy (non-hydrogen) atoms. The van der Waals surface area contributed by atoms with Crippen molar-refractivity contribution in [3.63, 3.8) is 0 Å². The summed E-state index contributed by atoms with van der Waals surface area (Å²) in [4.78, 5) is 0. The summed E-state index contributed by atoms with van der Waals surface area (Å²) in [6.07, 6.45) is 2.07. The van der Waals surface area contributed by atoms with Gasteiger partial charge in [0.05, 0.1) is 0 Å². The Kier molecular flexibility index (Phi) is 3.53. The smallest absolute Gasteiger partial charge is 0.130 e. The predicted octanol–water partition coefficient (Wildman–Crippen LogP) is 4.30. The van der Waals surface area contributed by atoms with E-state index in [0.717, 1.165) is 18.9 Å². The number of hydrogen-bond acceptors (Lipinski definition) is 1. The monoisotopic (exact) mass is 273 g/mol. The standard InChI is InChI=1S/C17H17F2N/c1-11(14-8-7-13(18)10-16(14)19)20-17-9-6-12-4-2-3-5-15(12)17/h2-5,7-8,10-11,17,20H,6,9H2,1H3. The highest BCUT2D eigenvalue weighted by Gasteiger charge is 2.24. The molecule has 2 unspecified atom stereocenters. The molecule has 0 radical (unpaired) electrons. The third-order valence-corrected chi connectivity index (χ3v) is 4.01. The van der Waals surface area contributed by atoms with Gasteiger partial charge in [0, 0.05) is 23.7 Å². The minimum atomic E-state index is -0.537. The lowest BCUT2D eigenvalue weighted by atomic mass is 10.0. The first-order valence-corrected chi connectivity index (χ1v) is 6.94. The molecule has 1 aliphatic carbocycles. The minimum absolute atomic E-state index is 0.147. The van der Waals surface area contributed by atoms with Crippen molar-refractivity contribution < 1.29 is 8.78 Å². The van der Waals surface area contributed by atoms with Crippen molar-refractivity contribution in [3.8, 4) is 0 Å². The topological polar surface area (TPSA) is 12.0 Å². The zero-order valence-electron chi connectivity index (χ0n) is 11.4. The second-order valence-electron chi connectivity index (χ2n) is 5.34. The molecule has 0 saturated carbocycles. The van der Waals surface area contributed by atoms with Crippen LogP contribution in [-0.4, -0.2) is 0 Å². The lowest BCUT2D eigenvalue weighted by Crippen LogP contribution is -2.23. The third-order valence-electron chi connectivity index (χ3n) is 4.01. The molecule has 0 bridgehead atoms. The molecule has 3 heteroatoms. The Morgan fingerprint density at radius 3 is 2.75 bits per heavy atom. The van der Waals surface area contributed by atoms with Crippen molar-refractivity contribution in [2.45, 2.75) is 31.8 Å². The van der Waals surface area contributed by atoms with Crippen LogP contribution in [0.5, 0.6) is 0 Å². The number of hydrogen-bond donors (Lipinski definition) is 1. The Balaban J connectivity index is 1.79. The molecule has 1 aliphatic rings. The lowest BCUT2D eigenvalue weighted by molar-refractivity contribution is 0.448. The summed E-state index contributed by atoms with van der Waals surface area (Å²) in [7, 11) is 0. The number of halogens is 2. The normalized spacial score (nSPS) is 18.9. The average Bonchev–Trinajstić information content (AvgIpc) is 2.82. The van der Waals surface area contributed by atoms with E-state index in [0.29, 0.717) is 5.56 Å². The first-order valence-electron chi connectivity index (χ1n) is 6.94. The molecule has 0 spiro atoms. The fourth-order valence-corrected chi connectivity index (χ4v) is 2.97. The number of nitrogens with one attached hydrogen (secondary N) is 1. The van der Waals surface area contributed by atoms with E-state index in [1.807, 2.05) is 19.1 Å². The Bertz CT molecular complexity index is 624. The summed E-state index contributed by atoms with van der Waals surface area (Å²) in [6.45, 7) is 1.91. The van der Waals surface area contributed by atoms with E-state index in [4.69, 9.17) is 0 Å². The van der Waals surface area contributed by atoms with E-state index in [-0.39, 0.29) is 12.1 Å². The van der Waals surface area contributed by atoms with Crippen LogP contribution >= 0.6 is 0 Å². The average molecular weight is 273 g/mol. The molecule has 2 atom stereocenters. The van der Waals surface area contributed by atoms with Gasteiger partial charge in [0.2, 0.25) is 0 Å². The van der Waals surface area contributed by atoms with Crippen LogP contribution in [0.25, 0.3) is 0 Å². The maximum Gasteiger partial charge on any atom is 0.130 e. The van der Waals surface area contributed by atoms with Crippen LogP contribution in [0.2, 0.25) is 0 Å². The van der Waals surface area contributed by atoms with Crippen LogP contribution in [0, 0.1) is 11.6 Å². The number of rotatable bonds is 3. The van der Waals surface area contributed by atoms with Crippen molar-refractivity contribution in [3.05, 3.63) is 70.8 Å². The van der Waals surface area contributed by atoms with Gasteiger partial charge in [-0.05, 0) is 37.0 Å². The second-order valence-corrected chi connectivity index (χ2v) is 5.34. The molecule has 0 saturated heterocycles. The molecule has 0 heterocycles. The second kappa shape index (κ2) is 5.33. The van der Waals surface area contributed by atoms with Crippen LogP contribution in [0.4, 0.5) is 8.78 Å². The van der Waals surface area contributed by atoms with Gasteiger partial charge in [-0.1, -0.05) is 30.3 Å². The Morgan fingerprint density at radius 2 is 1.95 bits per heavy atom. The summed E-state index contributed by atoms with van der Waals surface area (Å²) in [5.41, 5.74) is 3.16. The SMILES string of the molecule is CC(NC1CCc2ccccc21)c1ccc(F)cc1F. The van der Waals surface area contributed by atoms with Crippen molar-refractivity contribution in [2.24, 2.45) is 0 Å². The highest BCUT2D eigenvalue weighted by Crippen LogP contribution is 2.33. The van der Waals surface area contributed by atoms with Crippen LogP contribution < -0.4 is 5.32 Å². The van der Waals surface area contributed by atoms with Gasteiger partial charge in [0.15, 0.2) is 0 Å². The molecular formula is C17H17F2N. The highest BCUT2D eigenvalue weighted by atomic mass is 19.1. The fraction of sp³-hybridized carbons (Fsp3) is 0.294. The molecule has 0 aromatic heterocycles. The van der Waals surface area contributed by atoms with Crippen molar-refractivity contribution in [1.82, 2.24) is 5.32 Å². The Morgan fingerprint density at radius 1 is 1.15 bits per heavy atom. The zero-order chi connectivity index (χ0) is 14.1. The summed E-state index contributed by atoms with van der Waals surface area (Å²) in [5, 5.41) is 3.45. The summed E-state index contributed by atoms with van der Waals surface area (Å²) in [6, 6.07) is 12.2. The molecule has 0 amide bonds. The van der Waals surface area contributed by atoms with E-state index in [2.05, 4.69) is 17.4 Å². The van der Waals surface area contributed by atoms with Gasteiger partial charge in [-0.3, -0.25) is 0 Å². The van der Waals surface area contributed by atoms with E-state index in [9.17, 15) is 8.78 Å². The maximum absolute atomic E-state index is 13.8. The van der Waals surface area contributed by atoms with Gasteiger partial charge in [-0.15, -0.1) is 0 Å². The van der Waals surface area contributed by atoms with Gasteiger partial charge in [-0.2, -0.15) is 0 Å². The molecule has 104 valence electrons. The van der Waals surface area contributed by atoms with Gasteiger partial charge in [-0.25, -0.2) is 8.78 Å². The molecule has 0 fully saturated rings. The van der Waals surface area contributed by atoms with Crippen LogP contribution in [-0.2, 0) is 6.42 Å². The van der Waals surface area contributed by atoms with Gasteiger partial charge in [0.1, 0.15) is 11.6 Å². The Labute approximate surface area is 117 Å². The first-order chi connectivity index (χ1) is 9.65. The summed E-state index contributed by atoms with van der Waals surface area (Å²) < 4.78 is 26.7. The quantitative estimate of drug-likeness (QED) is 0.879. The predicted molar refractivity (Wildman–Crippen MR) is 75.4 cm³/mol. The minimum Gasteiger partial charge on any atom is -0.303 e. The van der Waals surface area contributed by atoms with Crippen molar-refractivity contribution in [2.75, 3.05) is 0 Å². The molecule has 2 aromatic rings. The van der Waals surface area contributed by atoms with Gasteiger partial charge in [0.25, 0.3) is 0 Å². The molecule has 1 nitrogen and oxygen atoms in total. The number of benzene rings is 2. The highest BCUT2D eigenvalue weighted by molar-refractivity contribution is 5.34. The zero-order valence-corrected chi connectivity index (χ0v) is 11.4. The molecular weight excluding hydrogens is 256 g/mol. The third kappa shape index (κ3) is 2.46. The van der Waals surface area contributed by atoms with Crippen LogP contribution in [0.1, 0.15) is 42.1 Å². The van der Waals surface area contributed by atoms with Crippen molar-refractivity contribution >= 4 is 0 Å².